The van der Waals surface area contributed by atoms with Crippen molar-refractivity contribution in [2.24, 2.45) is 5.92 Å². The molecule has 1 saturated carbocycles. The average molecular weight is 498 g/mol. The summed E-state index contributed by atoms with van der Waals surface area (Å²) in [6, 6.07) is 21.6. The summed E-state index contributed by atoms with van der Waals surface area (Å²) in [6.07, 6.45) is 0.965. The summed E-state index contributed by atoms with van der Waals surface area (Å²) in [6.45, 7) is 4.83. The van der Waals surface area contributed by atoms with Crippen molar-refractivity contribution in [3.8, 4) is 0 Å². The summed E-state index contributed by atoms with van der Waals surface area (Å²) in [4.78, 5) is 40.4. The van der Waals surface area contributed by atoms with Crippen LogP contribution in [0.25, 0.3) is 0 Å². The van der Waals surface area contributed by atoms with Gasteiger partial charge in [0.1, 0.15) is 0 Å². The maximum atomic E-state index is 13.3. The number of nitrogens with one attached hydrogen (secondary N) is 2. The maximum Gasteiger partial charge on any atom is 0.411 e. The number of cyclic esters (lactones) is 1. The highest BCUT2D eigenvalue weighted by Crippen LogP contribution is 2.35. The van der Waals surface area contributed by atoms with Crippen LogP contribution in [-0.2, 0) is 16.1 Å². The highest BCUT2D eigenvalue weighted by atomic mass is 16.6. The lowest BCUT2D eigenvalue weighted by atomic mass is 10.00. The third kappa shape index (κ3) is 5.82. The molecule has 3 aromatic carbocycles. The van der Waals surface area contributed by atoms with E-state index in [2.05, 4.69) is 10.6 Å². The Morgan fingerprint density at radius 1 is 0.946 bits per heavy atom. The van der Waals surface area contributed by atoms with Gasteiger partial charge in [0.2, 0.25) is 5.91 Å². The Bertz CT molecular complexity index is 1300. The molecule has 0 spiro atoms. The van der Waals surface area contributed by atoms with Gasteiger partial charge in [-0.3, -0.25) is 14.5 Å². The summed E-state index contributed by atoms with van der Waals surface area (Å²) >= 11 is 0. The van der Waals surface area contributed by atoms with Crippen molar-refractivity contribution in [1.29, 1.82) is 0 Å². The number of amides is 3. The van der Waals surface area contributed by atoms with Crippen LogP contribution >= 0.6 is 0 Å². The SMILES string of the molecule is Cc1ccc(CN2C(=O)OC(c3ccc(NC(=O)c4cccc(C)c4)cc3)C2C(=O)NCC2CC2)cc1. The molecule has 1 aliphatic heterocycles. The van der Waals surface area contributed by atoms with Crippen LogP contribution in [0.2, 0.25) is 0 Å². The van der Waals surface area contributed by atoms with E-state index in [1.807, 2.05) is 56.3 Å². The van der Waals surface area contributed by atoms with Gasteiger partial charge >= 0.3 is 6.09 Å². The predicted octanol–water partition coefficient (Wildman–Crippen LogP) is 5.14. The van der Waals surface area contributed by atoms with E-state index in [0.717, 1.165) is 29.5 Å². The number of hydrogen-bond donors (Lipinski definition) is 2. The van der Waals surface area contributed by atoms with Gasteiger partial charge in [-0.05, 0) is 68.0 Å². The zero-order valence-corrected chi connectivity index (χ0v) is 21.1. The Morgan fingerprint density at radius 2 is 1.68 bits per heavy atom. The zero-order chi connectivity index (χ0) is 25.9. The summed E-state index contributed by atoms with van der Waals surface area (Å²) in [5.74, 6) is 0.0966. The van der Waals surface area contributed by atoms with Gasteiger partial charge in [-0.2, -0.15) is 0 Å². The molecule has 5 rings (SSSR count). The van der Waals surface area contributed by atoms with Crippen LogP contribution in [0.3, 0.4) is 0 Å². The number of anilines is 1. The number of rotatable bonds is 8. The Labute approximate surface area is 216 Å². The monoisotopic (exact) mass is 497 g/mol. The van der Waals surface area contributed by atoms with Gasteiger partial charge in [-0.1, -0.05) is 59.7 Å². The Kier molecular flexibility index (Phi) is 6.95. The normalized spacial score (nSPS) is 18.9. The lowest BCUT2D eigenvalue weighted by molar-refractivity contribution is -0.126. The number of benzene rings is 3. The first kappa shape index (κ1) is 24.6. The van der Waals surface area contributed by atoms with Crippen LogP contribution in [0.5, 0.6) is 0 Å². The van der Waals surface area contributed by atoms with Crippen molar-refractivity contribution < 1.29 is 19.1 Å². The number of carbonyl (C=O) groups excluding carboxylic acids is 3. The Morgan fingerprint density at radius 3 is 2.35 bits per heavy atom. The molecule has 2 aliphatic rings. The Hall–Kier alpha value is -4.13. The molecule has 3 aromatic rings. The van der Waals surface area contributed by atoms with Crippen LogP contribution in [0.4, 0.5) is 10.5 Å². The van der Waals surface area contributed by atoms with Crippen molar-refractivity contribution in [2.45, 2.75) is 45.4 Å². The summed E-state index contributed by atoms with van der Waals surface area (Å²) in [5.41, 5.74) is 4.95. The predicted molar refractivity (Wildman–Crippen MR) is 141 cm³/mol. The molecule has 0 bridgehead atoms. The lowest BCUT2D eigenvalue weighted by Crippen LogP contribution is -2.46. The lowest BCUT2D eigenvalue weighted by Gasteiger charge is -2.24. The highest BCUT2D eigenvalue weighted by Gasteiger charge is 2.47. The molecule has 2 atom stereocenters. The van der Waals surface area contributed by atoms with Gasteiger partial charge < -0.3 is 15.4 Å². The van der Waals surface area contributed by atoms with E-state index in [1.165, 1.54) is 4.90 Å². The molecular weight excluding hydrogens is 466 g/mol. The maximum absolute atomic E-state index is 13.3. The van der Waals surface area contributed by atoms with Crippen LogP contribution in [0.15, 0.2) is 72.8 Å². The standard InChI is InChI=1S/C30H31N3O4/c1-19-6-8-22(9-7-19)18-33-26(29(35)31-17-21-10-11-21)27(37-30(33)36)23-12-14-25(15-13-23)32-28(34)24-5-3-4-20(2)16-24/h3-9,12-16,21,26-27H,10-11,17-18H2,1-2H3,(H,31,35)(H,32,34). The van der Waals surface area contributed by atoms with Gasteiger partial charge in [0.25, 0.3) is 5.91 Å². The van der Waals surface area contributed by atoms with E-state index in [9.17, 15) is 14.4 Å². The number of carbonyl (C=O) groups is 3. The first-order chi connectivity index (χ1) is 17.9. The van der Waals surface area contributed by atoms with E-state index >= 15 is 0 Å². The van der Waals surface area contributed by atoms with E-state index in [4.69, 9.17) is 4.74 Å². The highest BCUT2D eigenvalue weighted by molar-refractivity contribution is 6.04. The van der Waals surface area contributed by atoms with E-state index < -0.39 is 18.2 Å². The minimum absolute atomic E-state index is 0.203. The van der Waals surface area contributed by atoms with E-state index in [-0.39, 0.29) is 18.4 Å². The number of hydrogen-bond acceptors (Lipinski definition) is 4. The second kappa shape index (κ2) is 10.5. The molecule has 1 heterocycles. The van der Waals surface area contributed by atoms with Gasteiger partial charge in [0.15, 0.2) is 12.1 Å². The fraction of sp³-hybridized carbons (Fsp3) is 0.300. The molecule has 2 unspecified atom stereocenters. The van der Waals surface area contributed by atoms with Gasteiger partial charge in [0, 0.05) is 17.8 Å². The summed E-state index contributed by atoms with van der Waals surface area (Å²) < 4.78 is 5.75. The zero-order valence-electron chi connectivity index (χ0n) is 21.1. The fourth-order valence-electron chi connectivity index (χ4n) is 4.52. The topological polar surface area (TPSA) is 87.7 Å². The van der Waals surface area contributed by atoms with Gasteiger partial charge in [0.05, 0.1) is 6.54 Å². The minimum Gasteiger partial charge on any atom is -0.438 e. The molecule has 3 amide bonds. The fourth-order valence-corrected chi connectivity index (χ4v) is 4.52. The Balaban J connectivity index is 1.34. The van der Waals surface area contributed by atoms with Crippen molar-refractivity contribution in [3.05, 3.63) is 101 Å². The molecule has 1 saturated heterocycles. The smallest absolute Gasteiger partial charge is 0.411 e. The number of nitrogens with zero attached hydrogens (tertiary/aromatic N) is 1. The average Bonchev–Trinajstić information content (AvgIpc) is 3.67. The first-order valence-electron chi connectivity index (χ1n) is 12.7. The number of aryl methyl sites for hydroxylation is 2. The van der Waals surface area contributed by atoms with E-state index in [1.54, 1.807) is 30.3 Å². The van der Waals surface area contributed by atoms with Crippen molar-refractivity contribution in [2.75, 3.05) is 11.9 Å². The number of ether oxygens (including phenoxy) is 1. The van der Waals surface area contributed by atoms with Crippen LogP contribution < -0.4 is 10.6 Å². The van der Waals surface area contributed by atoms with E-state index in [0.29, 0.717) is 29.3 Å². The van der Waals surface area contributed by atoms with Crippen LogP contribution in [0.1, 0.15) is 51.6 Å². The third-order valence-corrected chi connectivity index (χ3v) is 6.87. The largest absolute Gasteiger partial charge is 0.438 e. The van der Waals surface area contributed by atoms with Crippen molar-refractivity contribution in [1.82, 2.24) is 10.2 Å². The minimum atomic E-state index is -0.791. The quantitative estimate of drug-likeness (QED) is 0.451. The van der Waals surface area contributed by atoms with Crippen molar-refractivity contribution in [3.63, 3.8) is 0 Å². The summed E-state index contributed by atoms with van der Waals surface area (Å²) in [5, 5.41) is 5.92. The summed E-state index contributed by atoms with van der Waals surface area (Å²) in [7, 11) is 0. The van der Waals surface area contributed by atoms with Crippen molar-refractivity contribution >= 4 is 23.6 Å². The molecule has 2 N–H and O–H groups in total. The first-order valence-corrected chi connectivity index (χ1v) is 12.7. The molecular formula is C30H31N3O4. The molecule has 37 heavy (non-hydrogen) atoms. The molecule has 0 radical (unpaired) electrons. The van der Waals surface area contributed by atoms with Crippen LogP contribution in [-0.4, -0.2) is 35.4 Å². The second-order valence-electron chi connectivity index (χ2n) is 10.00. The van der Waals surface area contributed by atoms with Gasteiger partial charge in [-0.25, -0.2) is 4.79 Å². The second-order valence-corrected chi connectivity index (χ2v) is 10.00. The third-order valence-electron chi connectivity index (χ3n) is 6.87. The molecule has 7 nitrogen and oxygen atoms in total. The molecule has 2 fully saturated rings. The molecule has 1 aliphatic carbocycles. The molecule has 7 heteroatoms. The molecule has 190 valence electrons. The van der Waals surface area contributed by atoms with Gasteiger partial charge in [-0.15, -0.1) is 0 Å². The molecule has 0 aromatic heterocycles. The van der Waals surface area contributed by atoms with Crippen LogP contribution in [0, 0.1) is 19.8 Å².